The number of non-ortho nitro benzene ring substituents is 1. The summed E-state index contributed by atoms with van der Waals surface area (Å²) in [6.45, 7) is 7.07. The van der Waals surface area contributed by atoms with Crippen molar-refractivity contribution in [1.82, 2.24) is 0 Å². The number of anilines is 1. The Bertz CT molecular complexity index is 873. The summed E-state index contributed by atoms with van der Waals surface area (Å²) in [6, 6.07) is 9.10. The number of aryl methyl sites for hydroxylation is 1. The molecule has 0 fully saturated rings. The zero-order chi connectivity index (χ0) is 20.4. The first-order chi connectivity index (χ1) is 12.5. The highest BCUT2D eigenvalue weighted by molar-refractivity contribution is 5.88. The number of ether oxygens (including phenoxy) is 2. The molecule has 0 unspecified atom stereocenters. The molecule has 0 saturated carbocycles. The zero-order valence-corrected chi connectivity index (χ0v) is 15.8. The van der Waals surface area contributed by atoms with Crippen LogP contribution in [0.3, 0.4) is 0 Å². The van der Waals surface area contributed by atoms with Crippen molar-refractivity contribution in [3.8, 4) is 17.2 Å². The Balaban J connectivity index is 2.40. The predicted octanol–water partition coefficient (Wildman–Crippen LogP) is 4.99. The predicted molar refractivity (Wildman–Crippen MR) is 101 cm³/mol. The maximum atomic E-state index is 11.7. The molecule has 8 heteroatoms. The van der Waals surface area contributed by atoms with E-state index < -0.39 is 16.6 Å². The lowest BCUT2D eigenvalue weighted by molar-refractivity contribution is -0.384. The first-order valence-electron chi connectivity index (χ1n) is 8.18. The lowest BCUT2D eigenvalue weighted by Gasteiger charge is -2.33. The number of methoxy groups -OCH3 is 1. The SMILES string of the molecule is COc1cc(N(C(=O)O)C(C)(C)C)ccc1Oc1ccc([N+](=O)[O-])cc1C. The van der Waals surface area contributed by atoms with Crippen LogP contribution in [0.25, 0.3) is 0 Å². The average molecular weight is 374 g/mol. The number of carbonyl (C=O) groups is 1. The van der Waals surface area contributed by atoms with Gasteiger partial charge in [-0.05, 0) is 51.5 Å². The summed E-state index contributed by atoms with van der Waals surface area (Å²) in [6.07, 6.45) is -1.08. The van der Waals surface area contributed by atoms with Gasteiger partial charge in [0.05, 0.1) is 17.7 Å². The molecule has 0 aliphatic heterocycles. The number of nitro benzene ring substituents is 1. The molecule has 1 amide bonds. The molecular weight excluding hydrogens is 352 g/mol. The van der Waals surface area contributed by atoms with E-state index in [4.69, 9.17) is 9.47 Å². The van der Waals surface area contributed by atoms with Crippen LogP contribution in [0.15, 0.2) is 36.4 Å². The van der Waals surface area contributed by atoms with Crippen molar-refractivity contribution in [2.24, 2.45) is 0 Å². The van der Waals surface area contributed by atoms with Crippen molar-refractivity contribution in [2.45, 2.75) is 33.2 Å². The first kappa shape index (κ1) is 20.0. The maximum Gasteiger partial charge on any atom is 0.412 e. The highest BCUT2D eigenvalue weighted by Gasteiger charge is 2.28. The Labute approximate surface area is 157 Å². The number of rotatable bonds is 5. The van der Waals surface area contributed by atoms with Gasteiger partial charge >= 0.3 is 6.09 Å². The van der Waals surface area contributed by atoms with Gasteiger partial charge in [-0.15, -0.1) is 0 Å². The Hall–Kier alpha value is -3.29. The number of amides is 1. The van der Waals surface area contributed by atoms with Crippen LogP contribution >= 0.6 is 0 Å². The molecule has 0 aromatic heterocycles. The average Bonchev–Trinajstić information content (AvgIpc) is 2.55. The fourth-order valence-corrected chi connectivity index (χ4v) is 2.64. The largest absolute Gasteiger partial charge is 0.493 e. The minimum Gasteiger partial charge on any atom is -0.493 e. The fraction of sp³-hybridized carbons (Fsp3) is 0.316. The second kappa shape index (κ2) is 7.53. The number of nitrogens with zero attached hydrogens (tertiary/aromatic N) is 2. The minimum atomic E-state index is -1.08. The highest BCUT2D eigenvalue weighted by atomic mass is 16.6. The van der Waals surface area contributed by atoms with Crippen LogP contribution in [-0.2, 0) is 0 Å². The summed E-state index contributed by atoms with van der Waals surface area (Å²) >= 11 is 0. The molecule has 144 valence electrons. The fourth-order valence-electron chi connectivity index (χ4n) is 2.64. The number of nitro groups is 1. The maximum absolute atomic E-state index is 11.7. The highest BCUT2D eigenvalue weighted by Crippen LogP contribution is 2.38. The molecule has 0 bridgehead atoms. The zero-order valence-electron chi connectivity index (χ0n) is 15.8. The van der Waals surface area contributed by atoms with Gasteiger partial charge in [-0.2, -0.15) is 0 Å². The third-order valence-electron chi connectivity index (χ3n) is 3.86. The third-order valence-corrected chi connectivity index (χ3v) is 3.86. The topological polar surface area (TPSA) is 102 Å². The van der Waals surface area contributed by atoms with Crippen LogP contribution in [-0.4, -0.2) is 28.8 Å². The number of carboxylic acid groups (broad SMARTS) is 1. The lowest BCUT2D eigenvalue weighted by atomic mass is 10.1. The van der Waals surface area contributed by atoms with E-state index in [2.05, 4.69) is 0 Å². The van der Waals surface area contributed by atoms with E-state index in [9.17, 15) is 20.0 Å². The Morgan fingerprint density at radius 1 is 1.11 bits per heavy atom. The molecule has 0 saturated heterocycles. The lowest BCUT2D eigenvalue weighted by Crippen LogP contribution is -2.45. The Kier molecular flexibility index (Phi) is 5.58. The standard InChI is InChI=1S/C19H22N2O6/c1-12-10-14(21(24)25)7-8-15(12)27-16-9-6-13(11-17(16)26-5)20(18(22)23)19(2,3)4/h6-11H,1-5H3,(H,22,23). The van der Waals surface area contributed by atoms with E-state index in [0.29, 0.717) is 28.5 Å². The first-order valence-corrected chi connectivity index (χ1v) is 8.18. The van der Waals surface area contributed by atoms with Crippen LogP contribution < -0.4 is 14.4 Å². The molecule has 0 spiro atoms. The minimum absolute atomic E-state index is 0.0237. The van der Waals surface area contributed by atoms with E-state index in [1.807, 2.05) is 0 Å². The molecule has 2 rings (SSSR count). The van der Waals surface area contributed by atoms with Crippen LogP contribution in [0.4, 0.5) is 16.2 Å². The summed E-state index contributed by atoms with van der Waals surface area (Å²) in [5.41, 5.74) is 0.370. The van der Waals surface area contributed by atoms with E-state index in [1.165, 1.54) is 30.2 Å². The molecule has 2 aromatic rings. The smallest absolute Gasteiger partial charge is 0.412 e. The second-order valence-electron chi connectivity index (χ2n) is 6.93. The van der Waals surface area contributed by atoms with E-state index in [1.54, 1.807) is 45.9 Å². The van der Waals surface area contributed by atoms with Crippen LogP contribution in [0.2, 0.25) is 0 Å². The molecule has 0 aliphatic rings. The van der Waals surface area contributed by atoms with Crippen molar-refractivity contribution in [1.29, 1.82) is 0 Å². The quantitative estimate of drug-likeness (QED) is 0.584. The summed E-state index contributed by atoms with van der Waals surface area (Å²) in [5.74, 6) is 1.16. The normalized spacial score (nSPS) is 11.0. The van der Waals surface area contributed by atoms with Gasteiger partial charge in [0.25, 0.3) is 5.69 Å². The summed E-state index contributed by atoms with van der Waals surface area (Å²) < 4.78 is 11.2. The molecule has 0 aliphatic carbocycles. The molecule has 8 nitrogen and oxygen atoms in total. The third kappa shape index (κ3) is 4.46. The van der Waals surface area contributed by atoms with Crippen molar-refractivity contribution >= 4 is 17.5 Å². The molecule has 0 heterocycles. The number of hydrogen-bond acceptors (Lipinski definition) is 5. The number of hydrogen-bond donors (Lipinski definition) is 1. The van der Waals surface area contributed by atoms with Gasteiger partial charge in [0.15, 0.2) is 11.5 Å². The Morgan fingerprint density at radius 2 is 1.74 bits per heavy atom. The molecule has 2 aromatic carbocycles. The molecule has 1 N–H and O–H groups in total. The molecular formula is C19H22N2O6. The van der Waals surface area contributed by atoms with Gasteiger partial charge in [-0.25, -0.2) is 4.79 Å². The van der Waals surface area contributed by atoms with E-state index in [0.717, 1.165) is 0 Å². The van der Waals surface area contributed by atoms with Gasteiger partial charge in [-0.1, -0.05) is 0 Å². The summed E-state index contributed by atoms with van der Waals surface area (Å²) in [4.78, 5) is 23.3. The summed E-state index contributed by atoms with van der Waals surface area (Å²) in [7, 11) is 1.46. The van der Waals surface area contributed by atoms with Crippen molar-refractivity contribution in [3.05, 3.63) is 52.1 Å². The molecule has 0 radical (unpaired) electrons. The van der Waals surface area contributed by atoms with Crippen molar-refractivity contribution in [2.75, 3.05) is 12.0 Å². The van der Waals surface area contributed by atoms with E-state index in [-0.39, 0.29) is 5.69 Å². The van der Waals surface area contributed by atoms with Gasteiger partial charge in [-0.3, -0.25) is 15.0 Å². The molecule has 0 atom stereocenters. The van der Waals surface area contributed by atoms with Gasteiger partial charge < -0.3 is 14.6 Å². The van der Waals surface area contributed by atoms with E-state index >= 15 is 0 Å². The van der Waals surface area contributed by atoms with Crippen molar-refractivity contribution in [3.63, 3.8) is 0 Å². The Morgan fingerprint density at radius 3 is 2.22 bits per heavy atom. The van der Waals surface area contributed by atoms with Gasteiger partial charge in [0, 0.05) is 23.7 Å². The van der Waals surface area contributed by atoms with Gasteiger partial charge in [0.2, 0.25) is 0 Å². The summed E-state index contributed by atoms with van der Waals surface area (Å²) in [5, 5.41) is 20.4. The van der Waals surface area contributed by atoms with Gasteiger partial charge in [0.1, 0.15) is 5.75 Å². The van der Waals surface area contributed by atoms with Crippen LogP contribution in [0.5, 0.6) is 17.2 Å². The molecule has 27 heavy (non-hydrogen) atoms. The second-order valence-corrected chi connectivity index (χ2v) is 6.93. The van der Waals surface area contributed by atoms with Crippen molar-refractivity contribution < 1.29 is 24.3 Å². The van der Waals surface area contributed by atoms with Crippen LogP contribution in [0, 0.1) is 17.0 Å². The monoisotopic (exact) mass is 374 g/mol. The number of benzene rings is 2. The van der Waals surface area contributed by atoms with Crippen LogP contribution in [0.1, 0.15) is 26.3 Å².